The molecule has 19 heavy (non-hydrogen) atoms. The van der Waals surface area contributed by atoms with Gasteiger partial charge in [0.1, 0.15) is 0 Å². The minimum Gasteiger partial charge on any atom is -0.353 e. The van der Waals surface area contributed by atoms with Gasteiger partial charge in [0.25, 0.3) is 0 Å². The molecule has 0 aromatic carbocycles. The van der Waals surface area contributed by atoms with E-state index in [0.717, 1.165) is 31.8 Å². The minimum absolute atomic E-state index is 0.189. The fourth-order valence-electron chi connectivity index (χ4n) is 3.05. The zero-order chi connectivity index (χ0) is 13.7. The van der Waals surface area contributed by atoms with Crippen LogP contribution in [0.5, 0.6) is 0 Å². The molecule has 2 fully saturated rings. The molecule has 1 saturated heterocycles. The number of rotatable bonds is 6. The fraction of sp³-hybridized carbons (Fsp3) is 0.933. The Bertz CT molecular complexity index is 291. The Balaban J connectivity index is 1.80. The van der Waals surface area contributed by atoms with Gasteiger partial charge in [0.05, 0.1) is 0 Å². The number of hydrogen-bond donors (Lipinski definition) is 2. The van der Waals surface area contributed by atoms with Crippen molar-refractivity contribution in [3.63, 3.8) is 0 Å². The Morgan fingerprint density at radius 3 is 2.74 bits per heavy atom. The van der Waals surface area contributed by atoms with Gasteiger partial charge >= 0.3 is 0 Å². The molecule has 0 bridgehead atoms. The van der Waals surface area contributed by atoms with Crippen molar-refractivity contribution in [2.45, 2.75) is 64.0 Å². The van der Waals surface area contributed by atoms with E-state index in [2.05, 4.69) is 17.1 Å². The zero-order valence-electron chi connectivity index (χ0n) is 12.2. The van der Waals surface area contributed by atoms with Gasteiger partial charge in [-0.2, -0.15) is 0 Å². The summed E-state index contributed by atoms with van der Waals surface area (Å²) in [6.07, 6.45) is 8.00. The predicted molar refractivity (Wildman–Crippen MR) is 77.8 cm³/mol. The molecule has 4 nitrogen and oxygen atoms in total. The van der Waals surface area contributed by atoms with Gasteiger partial charge in [0.15, 0.2) is 0 Å². The van der Waals surface area contributed by atoms with Crippen LogP contribution in [-0.4, -0.2) is 42.5 Å². The highest BCUT2D eigenvalue weighted by Gasteiger charge is 2.27. The first-order valence-corrected chi connectivity index (χ1v) is 7.96. The van der Waals surface area contributed by atoms with E-state index in [1.54, 1.807) is 0 Å². The van der Waals surface area contributed by atoms with Crippen LogP contribution in [0.15, 0.2) is 0 Å². The van der Waals surface area contributed by atoms with E-state index in [0.29, 0.717) is 19.0 Å². The van der Waals surface area contributed by atoms with Crippen molar-refractivity contribution >= 4 is 5.91 Å². The number of amides is 1. The Morgan fingerprint density at radius 1 is 1.32 bits per heavy atom. The Morgan fingerprint density at radius 2 is 2.11 bits per heavy atom. The first-order valence-electron chi connectivity index (χ1n) is 7.96. The molecular weight excluding hydrogens is 238 g/mol. The Hall–Kier alpha value is -0.610. The number of nitrogens with one attached hydrogen (secondary N) is 1. The normalized spacial score (nSPS) is 26.7. The van der Waals surface area contributed by atoms with E-state index in [4.69, 9.17) is 5.73 Å². The third-order valence-corrected chi connectivity index (χ3v) is 4.61. The van der Waals surface area contributed by atoms with Gasteiger partial charge in [-0.1, -0.05) is 13.3 Å². The molecule has 0 radical (unpaired) electrons. The third kappa shape index (κ3) is 4.77. The van der Waals surface area contributed by atoms with Crippen molar-refractivity contribution in [1.82, 2.24) is 10.2 Å². The molecule has 1 amide bonds. The average Bonchev–Trinajstić information content (AvgIpc) is 3.22. The number of nitrogens with two attached hydrogens (primary N) is 1. The second kappa shape index (κ2) is 7.25. The summed E-state index contributed by atoms with van der Waals surface area (Å²) in [6, 6.07) is 0.689. The maximum absolute atomic E-state index is 11.9. The number of carbonyl (C=O) groups is 1. The van der Waals surface area contributed by atoms with Crippen LogP contribution in [0.1, 0.15) is 51.9 Å². The molecular formula is C15H29N3O. The van der Waals surface area contributed by atoms with Crippen molar-refractivity contribution in [2.75, 3.05) is 19.6 Å². The van der Waals surface area contributed by atoms with Gasteiger partial charge in [-0.15, -0.1) is 0 Å². The highest BCUT2D eigenvalue weighted by Crippen LogP contribution is 2.22. The van der Waals surface area contributed by atoms with Crippen LogP contribution < -0.4 is 11.1 Å². The van der Waals surface area contributed by atoms with E-state index >= 15 is 0 Å². The van der Waals surface area contributed by atoms with Crippen LogP contribution in [0.4, 0.5) is 0 Å². The summed E-state index contributed by atoms with van der Waals surface area (Å²) in [7, 11) is 0. The van der Waals surface area contributed by atoms with Crippen LogP contribution in [-0.2, 0) is 4.79 Å². The summed E-state index contributed by atoms with van der Waals surface area (Å²) in [6.45, 7) is 5.09. The van der Waals surface area contributed by atoms with Crippen molar-refractivity contribution in [2.24, 2.45) is 11.7 Å². The summed E-state index contributed by atoms with van der Waals surface area (Å²) in [5.74, 6) is 1.05. The van der Waals surface area contributed by atoms with Crippen LogP contribution in [0, 0.1) is 5.92 Å². The number of nitrogens with zero attached hydrogens (tertiary/aromatic N) is 1. The van der Waals surface area contributed by atoms with Crippen LogP contribution in [0.3, 0.4) is 0 Å². The molecule has 3 N–H and O–H groups in total. The first kappa shape index (κ1) is 14.8. The molecule has 0 aromatic rings. The minimum atomic E-state index is 0.189. The molecule has 4 heteroatoms. The van der Waals surface area contributed by atoms with Gasteiger partial charge in [-0.3, -0.25) is 9.69 Å². The summed E-state index contributed by atoms with van der Waals surface area (Å²) < 4.78 is 0. The predicted octanol–water partition coefficient (Wildman–Crippen LogP) is 1.49. The van der Waals surface area contributed by atoms with Crippen molar-refractivity contribution in [3.05, 3.63) is 0 Å². The Labute approximate surface area is 117 Å². The second-order valence-electron chi connectivity index (χ2n) is 6.18. The van der Waals surface area contributed by atoms with Gasteiger partial charge < -0.3 is 11.1 Å². The topological polar surface area (TPSA) is 58.4 Å². The standard InChI is InChI=1S/C15H29N3O/c1-2-12-4-3-8-18(9-7-12)14(11-16)10-15(19)17-13-5-6-13/h12-14H,2-11,16H2,1H3,(H,17,19). The van der Waals surface area contributed by atoms with Crippen LogP contribution >= 0.6 is 0 Å². The molecule has 1 aliphatic carbocycles. The van der Waals surface area contributed by atoms with Crippen molar-refractivity contribution in [1.29, 1.82) is 0 Å². The molecule has 2 unspecified atom stereocenters. The smallest absolute Gasteiger partial charge is 0.221 e. The van der Waals surface area contributed by atoms with E-state index in [9.17, 15) is 4.79 Å². The van der Waals surface area contributed by atoms with E-state index in [1.807, 2.05) is 0 Å². The lowest BCUT2D eigenvalue weighted by molar-refractivity contribution is -0.122. The lowest BCUT2D eigenvalue weighted by Gasteiger charge is -2.29. The SMILES string of the molecule is CCC1CCCN(C(CN)CC(=O)NC2CC2)CC1. The summed E-state index contributed by atoms with van der Waals surface area (Å²) in [4.78, 5) is 14.4. The van der Waals surface area contributed by atoms with Crippen LogP contribution in [0.2, 0.25) is 0 Å². The molecule has 1 heterocycles. The zero-order valence-corrected chi connectivity index (χ0v) is 12.2. The maximum atomic E-state index is 11.9. The van der Waals surface area contributed by atoms with Crippen molar-refractivity contribution in [3.8, 4) is 0 Å². The molecule has 0 aromatic heterocycles. The van der Waals surface area contributed by atoms with Gasteiger partial charge in [0, 0.05) is 25.0 Å². The molecule has 2 aliphatic rings. The van der Waals surface area contributed by atoms with Gasteiger partial charge in [-0.05, 0) is 51.1 Å². The largest absolute Gasteiger partial charge is 0.353 e. The summed E-state index contributed by atoms with van der Waals surface area (Å²) in [5, 5.41) is 3.07. The summed E-state index contributed by atoms with van der Waals surface area (Å²) >= 11 is 0. The van der Waals surface area contributed by atoms with E-state index < -0.39 is 0 Å². The van der Waals surface area contributed by atoms with Crippen molar-refractivity contribution < 1.29 is 4.79 Å². The monoisotopic (exact) mass is 267 g/mol. The first-order chi connectivity index (χ1) is 9.22. The average molecular weight is 267 g/mol. The quantitative estimate of drug-likeness (QED) is 0.766. The highest BCUT2D eigenvalue weighted by molar-refractivity contribution is 5.77. The highest BCUT2D eigenvalue weighted by atomic mass is 16.1. The van der Waals surface area contributed by atoms with E-state index in [1.165, 1.54) is 25.7 Å². The lowest BCUT2D eigenvalue weighted by Crippen LogP contribution is -2.44. The molecule has 2 atom stereocenters. The summed E-state index contributed by atoms with van der Waals surface area (Å²) in [5.41, 5.74) is 5.89. The molecule has 1 aliphatic heterocycles. The van der Waals surface area contributed by atoms with Crippen LogP contribution in [0.25, 0.3) is 0 Å². The number of carbonyl (C=O) groups excluding carboxylic acids is 1. The number of likely N-dealkylation sites (tertiary alicyclic amines) is 1. The van der Waals surface area contributed by atoms with Gasteiger partial charge in [-0.25, -0.2) is 0 Å². The lowest BCUT2D eigenvalue weighted by atomic mass is 9.98. The maximum Gasteiger partial charge on any atom is 0.221 e. The molecule has 1 saturated carbocycles. The number of hydrogen-bond acceptors (Lipinski definition) is 3. The van der Waals surface area contributed by atoms with E-state index in [-0.39, 0.29) is 11.9 Å². The molecule has 2 rings (SSSR count). The third-order valence-electron chi connectivity index (χ3n) is 4.61. The molecule has 110 valence electrons. The Kier molecular flexibility index (Phi) is 5.64. The molecule has 0 spiro atoms. The van der Waals surface area contributed by atoms with Gasteiger partial charge in [0.2, 0.25) is 5.91 Å². The fourth-order valence-corrected chi connectivity index (χ4v) is 3.05. The second-order valence-corrected chi connectivity index (χ2v) is 6.18.